The molecule has 142 valence electrons. The lowest BCUT2D eigenvalue weighted by molar-refractivity contribution is -0.693. The Morgan fingerprint density at radius 2 is 1.89 bits per heavy atom. The number of benzene rings is 1. The molecule has 6 heteroatoms. The Kier molecular flexibility index (Phi) is 4.47. The van der Waals surface area contributed by atoms with Crippen molar-refractivity contribution >= 4 is 35.9 Å². The summed E-state index contributed by atoms with van der Waals surface area (Å²) in [5.41, 5.74) is 3.57. The number of hydrogen-bond acceptors (Lipinski definition) is 4. The zero-order chi connectivity index (χ0) is 19.2. The lowest BCUT2D eigenvalue weighted by Crippen LogP contribution is -2.50. The minimum Gasteiger partial charge on any atom is -0.321 e. The van der Waals surface area contributed by atoms with Crippen molar-refractivity contribution in [3.8, 4) is 0 Å². The van der Waals surface area contributed by atoms with E-state index in [4.69, 9.17) is 11.8 Å². The van der Waals surface area contributed by atoms with Gasteiger partial charge in [0.25, 0.3) is 5.82 Å². The molecule has 3 aliphatic heterocycles. The van der Waals surface area contributed by atoms with E-state index in [0.717, 1.165) is 36.3 Å². The molecule has 5 nitrogen and oxygen atoms in total. The predicted octanol–water partition coefficient (Wildman–Crippen LogP) is 4.90. The predicted molar refractivity (Wildman–Crippen MR) is 113 cm³/mol. The van der Waals surface area contributed by atoms with Crippen molar-refractivity contribution in [3.63, 3.8) is 0 Å². The fourth-order valence-electron chi connectivity index (χ4n) is 3.97. The smallest absolute Gasteiger partial charge is 0.321 e. The number of hydrogen-bond donors (Lipinski definition) is 0. The van der Waals surface area contributed by atoms with Crippen LogP contribution < -0.4 is 0 Å². The van der Waals surface area contributed by atoms with Gasteiger partial charge in [0.05, 0.1) is 11.8 Å². The highest BCUT2D eigenvalue weighted by Gasteiger charge is 2.51. The molecule has 0 spiro atoms. The number of likely N-dealkylation sites (tertiary alicyclic amines) is 1. The van der Waals surface area contributed by atoms with Crippen LogP contribution in [0.5, 0.6) is 0 Å². The van der Waals surface area contributed by atoms with Crippen molar-refractivity contribution < 1.29 is 4.11 Å². The Labute approximate surface area is 166 Å². The highest BCUT2D eigenvalue weighted by Crippen LogP contribution is 2.40. The van der Waals surface area contributed by atoms with E-state index in [9.17, 15) is 0 Å². The first-order valence-corrected chi connectivity index (χ1v) is 10.0. The van der Waals surface area contributed by atoms with Gasteiger partial charge in [-0.3, -0.25) is 0 Å². The molecule has 4 rings (SSSR count). The summed E-state index contributed by atoms with van der Waals surface area (Å²) in [6.45, 7) is 9.92. The van der Waals surface area contributed by atoms with Gasteiger partial charge in [0.15, 0.2) is 6.34 Å². The second-order valence-corrected chi connectivity index (χ2v) is 9.07. The summed E-state index contributed by atoms with van der Waals surface area (Å²) in [4.78, 5) is 11.2. The molecule has 1 aromatic carbocycles. The zero-order valence-electron chi connectivity index (χ0n) is 16.5. The number of guanidine groups is 1. The van der Waals surface area contributed by atoms with E-state index in [1.165, 1.54) is 18.3 Å². The summed E-state index contributed by atoms with van der Waals surface area (Å²) in [6, 6.07) is 9.14. The van der Waals surface area contributed by atoms with Gasteiger partial charge < -0.3 is 4.90 Å². The summed E-state index contributed by atoms with van der Waals surface area (Å²) >= 11 is 6.98. The number of aliphatic imine (C=N–C) groups is 2. The molecule has 0 N–H and O–H groups in total. The SMILES string of the molecule is CC1CCCCN1C1=C(c2ccc(C(C)(C)C)cc2)C=NC2=NC=N[N+]21Cl. The Balaban J connectivity index is 1.85. The van der Waals surface area contributed by atoms with Gasteiger partial charge in [0.1, 0.15) is 0 Å². The van der Waals surface area contributed by atoms with Gasteiger partial charge >= 0.3 is 5.96 Å². The molecule has 27 heavy (non-hydrogen) atoms. The molecule has 2 unspecified atom stereocenters. The van der Waals surface area contributed by atoms with Crippen molar-refractivity contribution in [2.24, 2.45) is 15.1 Å². The number of quaternary nitrogens is 1. The van der Waals surface area contributed by atoms with Crippen molar-refractivity contribution in [1.29, 1.82) is 0 Å². The average molecular weight is 385 g/mol. The van der Waals surface area contributed by atoms with Gasteiger partial charge in [0, 0.05) is 16.7 Å². The summed E-state index contributed by atoms with van der Waals surface area (Å²) in [5.74, 6) is 1.48. The molecule has 0 radical (unpaired) electrons. The Morgan fingerprint density at radius 3 is 2.56 bits per heavy atom. The molecule has 0 saturated carbocycles. The minimum atomic E-state index is -0.211. The first kappa shape index (κ1) is 18.4. The Hall–Kier alpha value is -1.98. The fourth-order valence-corrected chi connectivity index (χ4v) is 4.28. The van der Waals surface area contributed by atoms with Crippen molar-refractivity contribution in [2.75, 3.05) is 6.54 Å². The number of allylic oxidation sites excluding steroid dienone is 1. The zero-order valence-corrected chi connectivity index (χ0v) is 17.2. The molecule has 0 amide bonds. The van der Waals surface area contributed by atoms with E-state index in [0.29, 0.717) is 12.0 Å². The van der Waals surface area contributed by atoms with Crippen LogP contribution in [-0.2, 0) is 5.41 Å². The molecule has 0 bridgehead atoms. The van der Waals surface area contributed by atoms with E-state index in [-0.39, 0.29) is 9.53 Å². The fraction of sp³-hybridized carbons (Fsp3) is 0.476. The van der Waals surface area contributed by atoms with Crippen LogP contribution in [0.3, 0.4) is 0 Å². The maximum absolute atomic E-state index is 6.98. The standard InChI is InChI=1S/C21H27ClN5/c1-15-7-5-6-12-26(15)19-18(13-23-20-24-14-25-27(19,20)22)16-8-10-17(11-9-16)21(2,3)4/h8-11,13-15H,5-7,12H2,1-4H3/q+1. The summed E-state index contributed by atoms with van der Waals surface area (Å²) < 4.78 is -0.211. The number of piperidine rings is 1. The molecule has 1 aromatic rings. The molecule has 1 fully saturated rings. The third-order valence-electron chi connectivity index (χ3n) is 5.62. The van der Waals surface area contributed by atoms with Crippen molar-refractivity contribution in [3.05, 3.63) is 41.2 Å². The van der Waals surface area contributed by atoms with Crippen LogP contribution >= 0.6 is 11.8 Å². The van der Waals surface area contributed by atoms with Crippen LogP contribution in [0.1, 0.15) is 58.1 Å². The molecule has 3 heterocycles. The lowest BCUT2D eigenvalue weighted by atomic mass is 9.86. The van der Waals surface area contributed by atoms with Crippen molar-refractivity contribution in [1.82, 2.24) is 4.90 Å². The molecular formula is C21H27ClN5+. The molecule has 2 atom stereocenters. The van der Waals surface area contributed by atoms with E-state index >= 15 is 0 Å². The van der Waals surface area contributed by atoms with E-state index in [2.05, 4.69) is 71.9 Å². The largest absolute Gasteiger partial charge is 0.383 e. The van der Waals surface area contributed by atoms with Crippen LogP contribution in [-0.4, -0.2) is 40.1 Å². The number of nitrogens with zero attached hydrogens (tertiary/aromatic N) is 5. The summed E-state index contributed by atoms with van der Waals surface area (Å²) in [7, 11) is 0. The van der Waals surface area contributed by atoms with Gasteiger partial charge in [-0.05, 0) is 47.8 Å². The van der Waals surface area contributed by atoms with Gasteiger partial charge in [0.2, 0.25) is 11.8 Å². The van der Waals surface area contributed by atoms with Gasteiger partial charge in [-0.25, -0.2) is 0 Å². The number of rotatable bonds is 2. The number of halogens is 1. The van der Waals surface area contributed by atoms with Crippen LogP contribution in [0.15, 0.2) is 45.2 Å². The highest BCUT2D eigenvalue weighted by atomic mass is 35.5. The monoisotopic (exact) mass is 384 g/mol. The normalized spacial score (nSPS) is 27.8. The third-order valence-corrected chi connectivity index (χ3v) is 6.02. The maximum atomic E-state index is 6.98. The van der Waals surface area contributed by atoms with Crippen molar-refractivity contribution in [2.45, 2.75) is 58.4 Å². The molecule has 0 aromatic heterocycles. The van der Waals surface area contributed by atoms with Crippen LogP contribution in [0, 0.1) is 0 Å². The number of fused-ring (bicyclic) bond motifs is 1. The molecule has 0 aliphatic carbocycles. The van der Waals surface area contributed by atoms with E-state index in [1.54, 1.807) is 0 Å². The van der Waals surface area contributed by atoms with Gasteiger partial charge in [-0.1, -0.05) is 45.0 Å². The van der Waals surface area contributed by atoms with Crippen LogP contribution in [0.4, 0.5) is 0 Å². The summed E-state index contributed by atoms with van der Waals surface area (Å²) in [5, 5.41) is 4.47. The third kappa shape index (κ3) is 3.13. The van der Waals surface area contributed by atoms with E-state index in [1.807, 2.05) is 6.21 Å². The second-order valence-electron chi connectivity index (χ2n) is 8.58. The maximum Gasteiger partial charge on any atom is 0.383 e. The van der Waals surface area contributed by atoms with Crippen LogP contribution in [0.2, 0.25) is 0 Å². The van der Waals surface area contributed by atoms with Gasteiger partial charge in [-0.15, -0.1) is 0 Å². The Bertz CT molecular complexity index is 860. The van der Waals surface area contributed by atoms with E-state index < -0.39 is 0 Å². The Morgan fingerprint density at radius 1 is 1.15 bits per heavy atom. The second kappa shape index (κ2) is 6.57. The molecular weight excluding hydrogens is 358 g/mol. The lowest BCUT2D eigenvalue weighted by Gasteiger charge is -2.39. The van der Waals surface area contributed by atoms with Gasteiger partial charge in [-0.2, -0.15) is 9.98 Å². The topological polar surface area (TPSA) is 40.3 Å². The highest BCUT2D eigenvalue weighted by molar-refractivity contribution is 6.22. The molecule has 1 saturated heterocycles. The summed E-state index contributed by atoms with van der Waals surface area (Å²) in [6.07, 6.45) is 6.98. The molecule has 3 aliphatic rings. The minimum absolute atomic E-state index is 0.122. The first-order valence-electron chi connectivity index (χ1n) is 9.68. The first-order chi connectivity index (χ1) is 12.8. The van der Waals surface area contributed by atoms with Crippen LogP contribution in [0.25, 0.3) is 5.57 Å². The quantitative estimate of drug-likeness (QED) is 0.669. The average Bonchev–Trinajstić information content (AvgIpc) is 3.02.